The number of aliphatic hydroxyl groups is 1. The van der Waals surface area contributed by atoms with Gasteiger partial charge in [-0.1, -0.05) is 35.1 Å². The van der Waals surface area contributed by atoms with Crippen LogP contribution in [0.2, 0.25) is 5.02 Å². The largest absolute Gasteiger partial charge is 0.480 e. The molecule has 2 saturated carbocycles. The molecule has 5 rings (SSSR count). The van der Waals surface area contributed by atoms with E-state index in [1.807, 2.05) is 35.5 Å². The van der Waals surface area contributed by atoms with Crippen molar-refractivity contribution in [1.82, 2.24) is 9.97 Å². The maximum absolute atomic E-state index is 13.9. The van der Waals surface area contributed by atoms with E-state index in [0.29, 0.717) is 47.3 Å². The second-order valence-corrected chi connectivity index (χ2v) is 12.1. The summed E-state index contributed by atoms with van der Waals surface area (Å²) < 4.78 is 10.5. The summed E-state index contributed by atoms with van der Waals surface area (Å²) in [4.78, 5) is 25.6. The van der Waals surface area contributed by atoms with Crippen LogP contribution in [0.4, 0.5) is 5.69 Å². The van der Waals surface area contributed by atoms with Crippen molar-refractivity contribution in [1.29, 1.82) is 0 Å². The van der Waals surface area contributed by atoms with Crippen molar-refractivity contribution in [3.05, 3.63) is 53.3 Å². The Morgan fingerprint density at radius 1 is 1.03 bits per heavy atom. The minimum absolute atomic E-state index is 0.0515. The number of aliphatic hydroxyl groups excluding tert-OH is 1. The number of carbonyl (C=O) groups excluding carboxylic acids is 1. The summed E-state index contributed by atoms with van der Waals surface area (Å²) in [5, 5.41) is 11.2. The molecule has 1 N–H and O–H groups in total. The lowest BCUT2D eigenvalue weighted by Gasteiger charge is -2.36. The summed E-state index contributed by atoms with van der Waals surface area (Å²) >= 11 is 7.83. The van der Waals surface area contributed by atoms with E-state index in [9.17, 15) is 9.90 Å². The van der Waals surface area contributed by atoms with E-state index in [1.165, 1.54) is 11.3 Å². The average molecular weight is 570 g/mol. The van der Waals surface area contributed by atoms with E-state index >= 15 is 0 Å². The third kappa shape index (κ3) is 6.56. The van der Waals surface area contributed by atoms with E-state index in [1.54, 1.807) is 14.2 Å². The molecule has 39 heavy (non-hydrogen) atoms. The number of ether oxygens (including phenoxy) is 2. The van der Waals surface area contributed by atoms with Crippen LogP contribution in [0, 0.1) is 11.8 Å². The molecular weight excluding hydrogens is 534 g/mol. The van der Waals surface area contributed by atoms with E-state index in [2.05, 4.69) is 22.1 Å². The van der Waals surface area contributed by atoms with Gasteiger partial charge in [-0.15, -0.1) is 0 Å². The first-order chi connectivity index (χ1) is 18.9. The van der Waals surface area contributed by atoms with Crippen molar-refractivity contribution in [2.45, 2.75) is 63.4 Å². The summed E-state index contributed by atoms with van der Waals surface area (Å²) in [6.45, 7) is 0.696. The fourth-order valence-corrected chi connectivity index (χ4v) is 6.91. The molecule has 3 aromatic rings. The molecule has 0 bridgehead atoms. The predicted molar refractivity (Wildman–Crippen MR) is 155 cm³/mol. The molecule has 208 valence electrons. The molecule has 1 aromatic carbocycles. The Labute approximate surface area is 239 Å². The summed E-state index contributed by atoms with van der Waals surface area (Å²) in [7, 11) is 3.19. The number of benzene rings is 1. The van der Waals surface area contributed by atoms with Crippen LogP contribution in [0.5, 0.6) is 11.1 Å². The molecule has 0 radical (unpaired) electrons. The highest BCUT2D eigenvalue weighted by atomic mass is 35.5. The molecule has 1 amide bonds. The third-order valence-corrected chi connectivity index (χ3v) is 9.47. The number of hydrogen-bond acceptors (Lipinski definition) is 7. The van der Waals surface area contributed by atoms with Crippen molar-refractivity contribution >= 4 is 34.5 Å². The Hall–Kier alpha value is -2.68. The predicted octanol–water partition coefficient (Wildman–Crippen LogP) is 6.73. The van der Waals surface area contributed by atoms with Crippen LogP contribution in [0.25, 0.3) is 10.4 Å². The summed E-state index contributed by atoms with van der Waals surface area (Å²) in [6, 6.07) is 10.2. The fourth-order valence-electron chi connectivity index (χ4n) is 5.93. The second kappa shape index (κ2) is 12.7. The van der Waals surface area contributed by atoms with Gasteiger partial charge in [0.2, 0.25) is 11.8 Å². The van der Waals surface area contributed by atoms with Crippen LogP contribution in [0.15, 0.2) is 42.7 Å². The first kappa shape index (κ1) is 27.9. The van der Waals surface area contributed by atoms with E-state index in [0.717, 1.165) is 60.2 Å². The molecule has 2 aliphatic rings. The standard InChI is InChI=1S/C30H36ClN3O4S/c1-37-28-26(31)15-23(16-32-28)20-8-6-19(7-9-20)18-34(29(36)21-10-12-25(35)13-11-21)24-5-3-4-22(14-24)27-17-33-30(38-2)39-27/h3-5,14-17,19-21,25,35H,6-13,18H2,1-2H3. The summed E-state index contributed by atoms with van der Waals surface area (Å²) in [6.07, 6.45) is 10.4. The van der Waals surface area contributed by atoms with Crippen molar-refractivity contribution in [3.63, 3.8) is 0 Å². The first-order valence-corrected chi connectivity index (χ1v) is 14.9. The van der Waals surface area contributed by atoms with Gasteiger partial charge in [-0.25, -0.2) is 9.97 Å². The van der Waals surface area contributed by atoms with Crippen LogP contribution in [0.1, 0.15) is 62.8 Å². The highest BCUT2D eigenvalue weighted by molar-refractivity contribution is 7.16. The Balaban J connectivity index is 1.33. The molecular formula is C30H36ClN3O4S. The van der Waals surface area contributed by atoms with Crippen molar-refractivity contribution < 1.29 is 19.4 Å². The zero-order valence-electron chi connectivity index (χ0n) is 22.5. The Bertz CT molecular complexity index is 1270. The lowest BCUT2D eigenvalue weighted by Crippen LogP contribution is -2.41. The van der Waals surface area contributed by atoms with Gasteiger partial charge >= 0.3 is 0 Å². The topological polar surface area (TPSA) is 84.8 Å². The Morgan fingerprint density at radius 3 is 2.46 bits per heavy atom. The number of thiazole rings is 1. The maximum Gasteiger partial charge on any atom is 0.273 e. The lowest BCUT2D eigenvalue weighted by atomic mass is 9.78. The van der Waals surface area contributed by atoms with Gasteiger partial charge in [0.1, 0.15) is 5.02 Å². The normalized spacial score (nSPS) is 23.3. The molecule has 2 aliphatic carbocycles. The Morgan fingerprint density at radius 2 is 1.79 bits per heavy atom. The molecule has 0 unspecified atom stereocenters. The lowest BCUT2D eigenvalue weighted by molar-refractivity contribution is -0.124. The molecule has 0 spiro atoms. The SMILES string of the molecule is COc1ncc(-c2cccc(N(CC3CCC(c4cnc(OC)c(Cl)c4)CC3)C(=O)C3CCC(O)CC3)c2)s1. The van der Waals surface area contributed by atoms with Gasteiger partial charge in [0.15, 0.2) is 0 Å². The summed E-state index contributed by atoms with van der Waals surface area (Å²) in [5.74, 6) is 1.40. The highest BCUT2D eigenvalue weighted by Gasteiger charge is 2.32. The maximum atomic E-state index is 13.9. The molecule has 0 saturated heterocycles. The third-order valence-electron chi connectivity index (χ3n) is 8.19. The van der Waals surface area contributed by atoms with Crippen LogP contribution < -0.4 is 14.4 Å². The minimum Gasteiger partial charge on any atom is -0.480 e. The molecule has 2 fully saturated rings. The Kier molecular flexibility index (Phi) is 9.05. The van der Waals surface area contributed by atoms with E-state index in [4.69, 9.17) is 21.1 Å². The van der Waals surface area contributed by atoms with Gasteiger partial charge in [-0.2, -0.15) is 0 Å². The highest BCUT2D eigenvalue weighted by Crippen LogP contribution is 2.39. The second-order valence-electron chi connectivity index (χ2n) is 10.7. The number of hydrogen-bond donors (Lipinski definition) is 1. The van der Waals surface area contributed by atoms with Gasteiger partial charge in [0.05, 0.1) is 25.2 Å². The van der Waals surface area contributed by atoms with Crippen molar-refractivity contribution in [2.75, 3.05) is 25.7 Å². The van der Waals surface area contributed by atoms with Gasteiger partial charge in [-0.3, -0.25) is 4.79 Å². The quantitative estimate of drug-likeness (QED) is 0.323. The number of methoxy groups -OCH3 is 2. The number of rotatable bonds is 8. The molecule has 0 aliphatic heterocycles. The first-order valence-electron chi connectivity index (χ1n) is 13.7. The number of carbonyl (C=O) groups is 1. The van der Waals surface area contributed by atoms with Crippen molar-refractivity contribution in [2.24, 2.45) is 11.8 Å². The van der Waals surface area contributed by atoms with Gasteiger partial charge < -0.3 is 19.5 Å². The molecule has 0 atom stereocenters. The monoisotopic (exact) mass is 569 g/mol. The van der Waals surface area contributed by atoms with Gasteiger partial charge in [-0.05, 0) is 92.5 Å². The number of aromatic nitrogens is 2. The van der Waals surface area contributed by atoms with E-state index < -0.39 is 0 Å². The zero-order valence-corrected chi connectivity index (χ0v) is 24.1. The average Bonchev–Trinajstić information content (AvgIpc) is 3.46. The van der Waals surface area contributed by atoms with Crippen molar-refractivity contribution in [3.8, 4) is 21.5 Å². The van der Waals surface area contributed by atoms with Crippen LogP contribution in [-0.4, -0.2) is 47.8 Å². The summed E-state index contributed by atoms with van der Waals surface area (Å²) in [5.41, 5.74) is 3.10. The molecule has 2 heterocycles. The minimum atomic E-state index is -0.289. The van der Waals surface area contributed by atoms with E-state index in [-0.39, 0.29) is 17.9 Å². The zero-order chi connectivity index (χ0) is 27.4. The van der Waals surface area contributed by atoms with Gasteiger partial charge in [0.25, 0.3) is 5.19 Å². The number of amides is 1. The molecule has 2 aromatic heterocycles. The van der Waals surface area contributed by atoms with Crippen LogP contribution in [-0.2, 0) is 4.79 Å². The smallest absolute Gasteiger partial charge is 0.273 e. The van der Waals surface area contributed by atoms with Crippen LogP contribution in [0.3, 0.4) is 0 Å². The van der Waals surface area contributed by atoms with Gasteiger partial charge in [0, 0.05) is 30.5 Å². The molecule has 7 nitrogen and oxygen atoms in total. The van der Waals surface area contributed by atoms with Crippen LogP contribution >= 0.6 is 22.9 Å². The number of halogens is 1. The number of pyridine rings is 1. The molecule has 9 heteroatoms. The number of anilines is 1. The fraction of sp³-hybridized carbons (Fsp3) is 0.500. The number of nitrogens with zero attached hydrogens (tertiary/aromatic N) is 3.